The van der Waals surface area contributed by atoms with E-state index in [1.165, 1.54) is 19.2 Å². The third-order valence-electron chi connectivity index (χ3n) is 4.80. The van der Waals surface area contributed by atoms with Gasteiger partial charge in [-0.2, -0.15) is 0 Å². The van der Waals surface area contributed by atoms with Crippen LogP contribution in [0.2, 0.25) is 5.02 Å². The predicted molar refractivity (Wildman–Crippen MR) is 130 cm³/mol. The number of aryl methyl sites for hydroxylation is 2. The van der Waals surface area contributed by atoms with Crippen LogP contribution in [0.5, 0.6) is 5.75 Å². The van der Waals surface area contributed by atoms with Crippen molar-refractivity contribution in [3.63, 3.8) is 0 Å². The first-order valence-corrected chi connectivity index (χ1v) is 12.0. The number of methoxy groups -OCH3 is 1. The maximum atomic E-state index is 13.0. The number of halogens is 1. The van der Waals surface area contributed by atoms with Crippen LogP contribution in [0, 0.1) is 13.8 Å². The summed E-state index contributed by atoms with van der Waals surface area (Å²) in [5.41, 5.74) is 2.55. The minimum atomic E-state index is -4.08. The Balaban J connectivity index is 1.73. The van der Waals surface area contributed by atoms with E-state index < -0.39 is 28.5 Å². The van der Waals surface area contributed by atoms with Crippen molar-refractivity contribution in [1.29, 1.82) is 0 Å². The number of sulfonamides is 1. The van der Waals surface area contributed by atoms with Gasteiger partial charge in [-0.15, -0.1) is 0 Å². The number of benzene rings is 3. The average Bonchev–Trinajstić information content (AvgIpc) is 2.80. The van der Waals surface area contributed by atoms with Gasteiger partial charge in [0.25, 0.3) is 15.9 Å². The largest absolute Gasteiger partial charge is 0.495 e. The Labute approximate surface area is 202 Å². The summed E-state index contributed by atoms with van der Waals surface area (Å²) in [4.78, 5) is 24.5. The van der Waals surface area contributed by atoms with E-state index in [2.05, 4.69) is 10.0 Å². The molecule has 3 aromatic carbocycles. The Morgan fingerprint density at radius 3 is 2.35 bits per heavy atom. The van der Waals surface area contributed by atoms with Crippen molar-refractivity contribution in [1.82, 2.24) is 0 Å². The highest BCUT2D eigenvalue weighted by atomic mass is 35.5. The number of carbonyl (C=O) groups is 2. The second-order valence-electron chi connectivity index (χ2n) is 7.42. The lowest BCUT2D eigenvalue weighted by molar-refractivity contribution is -0.119. The van der Waals surface area contributed by atoms with E-state index in [4.69, 9.17) is 21.1 Å². The zero-order chi connectivity index (χ0) is 24.9. The van der Waals surface area contributed by atoms with Crippen molar-refractivity contribution in [3.8, 4) is 5.75 Å². The molecule has 0 aliphatic heterocycles. The van der Waals surface area contributed by atoms with Crippen LogP contribution in [0.4, 0.5) is 11.4 Å². The molecule has 3 rings (SSSR count). The van der Waals surface area contributed by atoms with Crippen LogP contribution in [0.3, 0.4) is 0 Å². The van der Waals surface area contributed by atoms with Crippen LogP contribution in [0.1, 0.15) is 21.5 Å². The van der Waals surface area contributed by atoms with Crippen molar-refractivity contribution >= 4 is 44.9 Å². The van der Waals surface area contributed by atoms with E-state index in [1.54, 1.807) is 49.4 Å². The third-order valence-corrected chi connectivity index (χ3v) is 6.44. The third kappa shape index (κ3) is 6.27. The van der Waals surface area contributed by atoms with Crippen molar-refractivity contribution < 1.29 is 27.5 Å². The summed E-state index contributed by atoms with van der Waals surface area (Å²) < 4.78 is 38.6. The van der Waals surface area contributed by atoms with Gasteiger partial charge in [0, 0.05) is 16.4 Å². The first-order chi connectivity index (χ1) is 16.1. The van der Waals surface area contributed by atoms with E-state index in [1.807, 2.05) is 6.92 Å². The maximum Gasteiger partial charge on any atom is 0.338 e. The van der Waals surface area contributed by atoms with Gasteiger partial charge in [0.2, 0.25) is 0 Å². The number of hydrogen-bond acceptors (Lipinski definition) is 6. The summed E-state index contributed by atoms with van der Waals surface area (Å²) in [6.45, 7) is 3.11. The Morgan fingerprint density at radius 1 is 0.971 bits per heavy atom. The van der Waals surface area contributed by atoms with Crippen molar-refractivity contribution in [3.05, 3.63) is 82.4 Å². The van der Waals surface area contributed by atoms with E-state index in [9.17, 15) is 18.0 Å². The lowest BCUT2D eigenvalue weighted by atomic mass is 10.2. The van der Waals surface area contributed by atoms with Crippen molar-refractivity contribution in [2.75, 3.05) is 23.8 Å². The average molecular weight is 503 g/mol. The van der Waals surface area contributed by atoms with Crippen molar-refractivity contribution in [2.45, 2.75) is 18.7 Å². The molecule has 3 aromatic rings. The topological polar surface area (TPSA) is 111 Å². The fourth-order valence-corrected chi connectivity index (χ4v) is 4.40. The lowest BCUT2D eigenvalue weighted by Gasteiger charge is -2.13. The first-order valence-electron chi connectivity index (χ1n) is 10.1. The van der Waals surface area contributed by atoms with Crippen LogP contribution in [-0.2, 0) is 19.6 Å². The minimum absolute atomic E-state index is 0.0466. The number of hydrogen-bond donors (Lipinski definition) is 2. The molecule has 1 amide bonds. The van der Waals surface area contributed by atoms with Crippen molar-refractivity contribution in [2.24, 2.45) is 0 Å². The van der Waals surface area contributed by atoms with Crippen LogP contribution in [0.25, 0.3) is 0 Å². The van der Waals surface area contributed by atoms with Gasteiger partial charge < -0.3 is 14.8 Å². The van der Waals surface area contributed by atoms with E-state index in [0.717, 1.165) is 17.2 Å². The summed E-state index contributed by atoms with van der Waals surface area (Å²) in [5, 5.41) is 3.06. The molecule has 0 aromatic heterocycles. The van der Waals surface area contributed by atoms with Crippen LogP contribution >= 0.6 is 11.6 Å². The zero-order valence-corrected chi connectivity index (χ0v) is 20.3. The fourth-order valence-electron chi connectivity index (χ4n) is 2.98. The van der Waals surface area contributed by atoms with Crippen LogP contribution in [0.15, 0.2) is 65.6 Å². The summed E-state index contributed by atoms with van der Waals surface area (Å²) >= 11 is 5.94. The first kappa shape index (κ1) is 25.1. The summed E-state index contributed by atoms with van der Waals surface area (Å²) in [6.07, 6.45) is 0. The zero-order valence-electron chi connectivity index (χ0n) is 18.7. The van der Waals surface area contributed by atoms with E-state index in [-0.39, 0.29) is 16.2 Å². The Kier molecular flexibility index (Phi) is 7.80. The van der Waals surface area contributed by atoms with Crippen LogP contribution in [-0.4, -0.2) is 34.0 Å². The number of carbonyl (C=O) groups excluding carboxylic acids is 2. The molecule has 0 fully saturated rings. The molecule has 0 aliphatic rings. The Hall–Kier alpha value is -3.56. The van der Waals surface area contributed by atoms with Gasteiger partial charge in [0.1, 0.15) is 10.6 Å². The smallest absolute Gasteiger partial charge is 0.338 e. The number of esters is 1. The van der Waals surface area contributed by atoms with Gasteiger partial charge in [-0.25, -0.2) is 13.2 Å². The molecule has 178 valence electrons. The van der Waals surface area contributed by atoms with Crippen LogP contribution < -0.4 is 14.8 Å². The summed E-state index contributed by atoms with van der Waals surface area (Å²) in [5.74, 6) is -1.39. The molecule has 2 N–H and O–H groups in total. The molecule has 0 aliphatic carbocycles. The van der Waals surface area contributed by atoms with Gasteiger partial charge in [0.15, 0.2) is 6.61 Å². The lowest BCUT2D eigenvalue weighted by Crippen LogP contribution is -2.21. The fraction of sp³-hybridized carbons (Fsp3) is 0.167. The van der Waals surface area contributed by atoms with Gasteiger partial charge in [-0.1, -0.05) is 35.4 Å². The molecule has 8 nitrogen and oxygen atoms in total. The predicted octanol–water partition coefficient (Wildman–Crippen LogP) is 4.56. The molecular formula is C24H23ClN2O6S. The molecule has 0 atom stereocenters. The Bertz CT molecular complexity index is 1320. The number of amides is 1. The second-order valence-corrected chi connectivity index (χ2v) is 9.51. The van der Waals surface area contributed by atoms with E-state index >= 15 is 0 Å². The molecule has 0 radical (unpaired) electrons. The molecule has 0 unspecified atom stereocenters. The molecular weight excluding hydrogens is 480 g/mol. The molecule has 34 heavy (non-hydrogen) atoms. The van der Waals surface area contributed by atoms with Gasteiger partial charge >= 0.3 is 5.97 Å². The SMILES string of the molecule is COc1ccc(C(=O)OCC(=O)Nc2cc(Cl)ccc2C)cc1S(=O)(=O)Nc1ccc(C)cc1. The molecule has 0 spiro atoms. The number of rotatable bonds is 8. The minimum Gasteiger partial charge on any atom is -0.495 e. The van der Waals surface area contributed by atoms with Gasteiger partial charge in [-0.05, 0) is 61.9 Å². The quantitative estimate of drug-likeness (QED) is 0.437. The highest BCUT2D eigenvalue weighted by molar-refractivity contribution is 7.92. The number of nitrogens with one attached hydrogen (secondary N) is 2. The van der Waals surface area contributed by atoms with Gasteiger partial charge in [0.05, 0.1) is 12.7 Å². The normalized spacial score (nSPS) is 10.9. The summed E-state index contributed by atoms with van der Waals surface area (Å²) in [6, 6.07) is 15.6. The highest BCUT2D eigenvalue weighted by Gasteiger charge is 2.23. The monoisotopic (exact) mass is 502 g/mol. The van der Waals surface area contributed by atoms with E-state index in [0.29, 0.717) is 16.4 Å². The number of anilines is 2. The Morgan fingerprint density at radius 2 is 1.68 bits per heavy atom. The maximum absolute atomic E-state index is 13.0. The highest BCUT2D eigenvalue weighted by Crippen LogP contribution is 2.27. The van der Waals surface area contributed by atoms with Gasteiger partial charge in [-0.3, -0.25) is 9.52 Å². The molecule has 0 saturated heterocycles. The molecule has 0 heterocycles. The summed E-state index contributed by atoms with van der Waals surface area (Å²) in [7, 11) is -2.76. The molecule has 10 heteroatoms. The molecule has 0 bridgehead atoms. The second kappa shape index (κ2) is 10.6. The number of ether oxygens (including phenoxy) is 2. The molecule has 0 saturated carbocycles. The standard InChI is InChI=1S/C24H23ClN2O6S/c1-15-4-9-19(10-5-15)27-34(30,31)22-12-17(7-11-21(22)32-3)24(29)33-14-23(28)26-20-13-18(25)8-6-16(20)2/h4-13,27H,14H2,1-3H3,(H,26,28).